The second kappa shape index (κ2) is 6.01. The summed E-state index contributed by atoms with van der Waals surface area (Å²) in [6.07, 6.45) is 0. The number of thiophene rings is 1. The van der Waals surface area contributed by atoms with Crippen molar-refractivity contribution in [2.24, 2.45) is 5.73 Å². The van der Waals surface area contributed by atoms with Gasteiger partial charge in [-0.3, -0.25) is 0 Å². The molecule has 0 aliphatic carbocycles. The van der Waals surface area contributed by atoms with Crippen LogP contribution >= 0.6 is 23.6 Å². The number of thiocarbonyl (C=S) groups is 1. The number of nitrogens with zero attached hydrogens (tertiary/aromatic N) is 1. The summed E-state index contributed by atoms with van der Waals surface area (Å²) in [5, 5.41) is 1.92. The molecule has 1 aromatic carbocycles. The van der Waals surface area contributed by atoms with Gasteiger partial charge in [-0.1, -0.05) is 36.5 Å². The zero-order valence-corrected chi connectivity index (χ0v) is 13.3. The molecule has 0 saturated heterocycles. The molecule has 0 amide bonds. The number of benzene rings is 1. The Labute approximate surface area is 127 Å². The molecular weight excluding hydrogens is 312 g/mol. The third-order valence-corrected chi connectivity index (χ3v) is 5.74. The second-order valence-corrected chi connectivity index (χ2v) is 7.69. The molecule has 0 radical (unpaired) electrons. The highest BCUT2D eigenvalue weighted by atomic mass is 32.2. The lowest BCUT2D eigenvalue weighted by Gasteiger charge is -2.18. The molecule has 20 heavy (non-hydrogen) atoms. The van der Waals surface area contributed by atoms with Crippen molar-refractivity contribution < 1.29 is 8.42 Å². The molecule has 2 N–H and O–H groups in total. The maximum atomic E-state index is 12.6. The first kappa shape index (κ1) is 15.1. The fourth-order valence-corrected chi connectivity index (χ4v) is 4.20. The van der Waals surface area contributed by atoms with Crippen LogP contribution in [0.15, 0.2) is 46.7 Å². The van der Waals surface area contributed by atoms with Crippen LogP contribution in [0.4, 0.5) is 0 Å². The van der Waals surface area contributed by atoms with Crippen molar-refractivity contribution in [1.82, 2.24) is 4.31 Å². The Bertz CT molecular complexity index is 709. The molecule has 7 heteroatoms. The summed E-state index contributed by atoms with van der Waals surface area (Å²) in [5.41, 5.74) is 5.97. The lowest BCUT2D eigenvalue weighted by Crippen LogP contribution is -2.28. The Balaban J connectivity index is 2.37. The minimum absolute atomic E-state index is 0.0775. The Morgan fingerprint density at radius 3 is 2.60 bits per heavy atom. The molecule has 1 aromatic heterocycles. The molecule has 0 spiro atoms. The van der Waals surface area contributed by atoms with E-state index in [1.807, 2.05) is 17.5 Å². The van der Waals surface area contributed by atoms with Crippen LogP contribution in [0.25, 0.3) is 0 Å². The summed E-state index contributed by atoms with van der Waals surface area (Å²) in [4.78, 5) is 1.20. The predicted octanol–water partition coefficient (Wildman–Crippen LogP) is 2.20. The zero-order chi connectivity index (χ0) is 14.8. The number of nitrogens with two attached hydrogens (primary N) is 1. The Hall–Kier alpha value is -1.28. The summed E-state index contributed by atoms with van der Waals surface area (Å²) in [6.45, 7) is 0.325. The smallest absolute Gasteiger partial charge is 0.243 e. The average Bonchev–Trinajstić information content (AvgIpc) is 2.91. The van der Waals surface area contributed by atoms with Gasteiger partial charge < -0.3 is 5.73 Å². The van der Waals surface area contributed by atoms with E-state index in [9.17, 15) is 8.42 Å². The first-order valence-electron chi connectivity index (χ1n) is 5.80. The average molecular weight is 326 g/mol. The summed E-state index contributed by atoms with van der Waals surface area (Å²) in [5.74, 6) is 0. The molecule has 0 fully saturated rings. The normalized spacial score (nSPS) is 11.7. The van der Waals surface area contributed by atoms with Gasteiger partial charge >= 0.3 is 0 Å². The van der Waals surface area contributed by atoms with Gasteiger partial charge in [-0.25, -0.2) is 8.42 Å². The van der Waals surface area contributed by atoms with E-state index < -0.39 is 10.0 Å². The highest BCUT2D eigenvalue weighted by Crippen LogP contribution is 2.22. The van der Waals surface area contributed by atoms with Gasteiger partial charge in [0.25, 0.3) is 0 Å². The number of rotatable bonds is 5. The highest BCUT2D eigenvalue weighted by Gasteiger charge is 2.24. The zero-order valence-electron chi connectivity index (χ0n) is 10.8. The fraction of sp³-hybridized carbons (Fsp3) is 0.154. The van der Waals surface area contributed by atoms with Gasteiger partial charge in [0.15, 0.2) is 0 Å². The van der Waals surface area contributed by atoms with Gasteiger partial charge in [0.05, 0.1) is 4.90 Å². The van der Waals surface area contributed by atoms with Crippen LogP contribution in [0.3, 0.4) is 0 Å². The van der Waals surface area contributed by atoms with Gasteiger partial charge in [-0.15, -0.1) is 11.3 Å². The van der Waals surface area contributed by atoms with Gasteiger partial charge in [0.1, 0.15) is 4.99 Å². The molecule has 1 heterocycles. The van der Waals surface area contributed by atoms with Crippen LogP contribution < -0.4 is 5.73 Å². The maximum Gasteiger partial charge on any atom is 0.243 e. The summed E-state index contributed by atoms with van der Waals surface area (Å²) < 4.78 is 26.5. The van der Waals surface area contributed by atoms with Crippen molar-refractivity contribution in [3.8, 4) is 0 Å². The van der Waals surface area contributed by atoms with Crippen LogP contribution in [0.2, 0.25) is 0 Å². The van der Waals surface area contributed by atoms with Crippen LogP contribution in [0.5, 0.6) is 0 Å². The molecular formula is C13H14N2O2S3. The van der Waals surface area contributed by atoms with E-state index in [0.29, 0.717) is 12.1 Å². The van der Waals surface area contributed by atoms with E-state index in [-0.39, 0.29) is 9.88 Å². The molecule has 0 aliphatic rings. The minimum Gasteiger partial charge on any atom is -0.389 e. The van der Waals surface area contributed by atoms with Crippen molar-refractivity contribution in [3.05, 3.63) is 52.2 Å². The van der Waals surface area contributed by atoms with Gasteiger partial charge in [0, 0.05) is 24.0 Å². The summed E-state index contributed by atoms with van der Waals surface area (Å²) in [6, 6.07) is 10.3. The lowest BCUT2D eigenvalue weighted by atomic mass is 10.2. The second-order valence-electron chi connectivity index (χ2n) is 4.20. The lowest BCUT2D eigenvalue weighted by molar-refractivity contribution is 0.469. The molecule has 2 aromatic rings. The maximum absolute atomic E-state index is 12.6. The van der Waals surface area contributed by atoms with Crippen LogP contribution in [0.1, 0.15) is 10.4 Å². The Kier molecular flexibility index (Phi) is 4.54. The Morgan fingerprint density at radius 1 is 1.30 bits per heavy atom. The van der Waals surface area contributed by atoms with E-state index in [1.165, 1.54) is 21.7 Å². The molecule has 2 rings (SSSR count). The van der Waals surface area contributed by atoms with Gasteiger partial charge in [-0.05, 0) is 17.5 Å². The van der Waals surface area contributed by atoms with E-state index in [0.717, 1.165) is 4.88 Å². The van der Waals surface area contributed by atoms with Crippen molar-refractivity contribution in [3.63, 3.8) is 0 Å². The first-order chi connectivity index (χ1) is 9.43. The first-order valence-corrected chi connectivity index (χ1v) is 8.53. The SMILES string of the molecule is CN(Cc1cccs1)S(=O)(=O)c1ccccc1C(N)=S. The van der Waals surface area contributed by atoms with Gasteiger partial charge in [0.2, 0.25) is 10.0 Å². The third kappa shape index (κ3) is 3.06. The van der Waals surface area contributed by atoms with E-state index in [4.69, 9.17) is 18.0 Å². The quantitative estimate of drug-likeness (QED) is 0.856. The standard InChI is InChI=1S/C13H14N2O2S3/c1-15(9-10-5-4-8-19-10)20(16,17)12-7-3-2-6-11(12)13(14)18/h2-8H,9H2,1H3,(H2,14,18). The van der Waals surface area contributed by atoms with Crippen molar-refractivity contribution in [2.45, 2.75) is 11.4 Å². The number of sulfonamides is 1. The summed E-state index contributed by atoms with van der Waals surface area (Å²) in [7, 11) is -2.07. The summed E-state index contributed by atoms with van der Waals surface area (Å²) >= 11 is 6.43. The van der Waals surface area contributed by atoms with Crippen LogP contribution in [0, 0.1) is 0 Å². The number of hydrogen-bond acceptors (Lipinski definition) is 4. The van der Waals surface area contributed by atoms with Crippen molar-refractivity contribution in [2.75, 3.05) is 7.05 Å². The topological polar surface area (TPSA) is 63.4 Å². The molecule has 0 saturated carbocycles. The van der Waals surface area contributed by atoms with Crippen LogP contribution in [-0.4, -0.2) is 24.8 Å². The molecule has 106 valence electrons. The molecule has 0 aliphatic heterocycles. The van der Waals surface area contributed by atoms with Crippen molar-refractivity contribution in [1.29, 1.82) is 0 Å². The van der Waals surface area contributed by atoms with Gasteiger partial charge in [-0.2, -0.15) is 4.31 Å². The molecule has 0 unspecified atom stereocenters. The van der Waals surface area contributed by atoms with E-state index in [2.05, 4.69) is 0 Å². The minimum atomic E-state index is -3.62. The molecule has 0 atom stereocenters. The highest BCUT2D eigenvalue weighted by molar-refractivity contribution is 7.89. The molecule has 4 nitrogen and oxygen atoms in total. The predicted molar refractivity (Wildman–Crippen MR) is 85.3 cm³/mol. The fourth-order valence-electron chi connectivity index (χ4n) is 1.77. The van der Waals surface area contributed by atoms with Crippen molar-refractivity contribution >= 4 is 38.6 Å². The van der Waals surface area contributed by atoms with E-state index >= 15 is 0 Å². The molecule has 0 bridgehead atoms. The largest absolute Gasteiger partial charge is 0.389 e. The third-order valence-electron chi connectivity index (χ3n) is 2.80. The monoisotopic (exact) mass is 326 g/mol. The number of hydrogen-bond donors (Lipinski definition) is 1. The van der Waals surface area contributed by atoms with E-state index in [1.54, 1.807) is 25.2 Å². The van der Waals surface area contributed by atoms with Crippen LogP contribution in [-0.2, 0) is 16.6 Å². The Morgan fingerprint density at radius 2 is 2.00 bits per heavy atom.